The van der Waals surface area contributed by atoms with Crippen LogP contribution in [-0.2, 0) is 16.1 Å². The highest BCUT2D eigenvalue weighted by Gasteiger charge is 2.27. The fraction of sp³-hybridized carbons (Fsp3) is 0.360. The summed E-state index contributed by atoms with van der Waals surface area (Å²) in [6.07, 6.45) is 3.14. The maximum atomic E-state index is 13.1. The highest BCUT2D eigenvalue weighted by molar-refractivity contribution is 6.10. The quantitative estimate of drug-likeness (QED) is 0.785. The van der Waals surface area contributed by atoms with E-state index < -0.39 is 0 Å². The van der Waals surface area contributed by atoms with Crippen LogP contribution in [0.25, 0.3) is 5.57 Å². The third-order valence-electron chi connectivity index (χ3n) is 6.03. The van der Waals surface area contributed by atoms with Crippen molar-refractivity contribution in [2.24, 2.45) is 0 Å². The monoisotopic (exact) mass is 406 g/mol. The summed E-state index contributed by atoms with van der Waals surface area (Å²) >= 11 is 0. The standard InChI is InChI=1S/C25H27FN2O2/c26-20-8-6-18(7-9-20)17-28-14-12-21(13-15-28)27-25(30)16-23-22(10-11-24(23)29)19-4-2-1-3-5-19/h1-9,21H,10-17H2,(H,27,30). The summed E-state index contributed by atoms with van der Waals surface area (Å²) in [5.41, 5.74) is 3.83. The molecule has 2 aliphatic rings. The lowest BCUT2D eigenvalue weighted by atomic mass is 9.99. The van der Waals surface area contributed by atoms with Crippen LogP contribution in [0.4, 0.5) is 4.39 Å². The van der Waals surface area contributed by atoms with Crippen molar-refractivity contribution >= 4 is 17.3 Å². The van der Waals surface area contributed by atoms with Gasteiger partial charge in [0, 0.05) is 37.7 Å². The molecule has 0 bridgehead atoms. The normalized spacial score (nSPS) is 18.1. The average Bonchev–Trinajstić information content (AvgIpc) is 3.12. The molecule has 1 aliphatic carbocycles. The molecule has 4 rings (SSSR count). The molecule has 4 nitrogen and oxygen atoms in total. The van der Waals surface area contributed by atoms with E-state index in [4.69, 9.17) is 0 Å². The molecule has 0 atom stereocenters. The minimum atomic E-state index is -0.216. The Morgan fingerprint density at radius 2 is 1.70 bits per heavy atom. The molecule has 2 aromatic carbocycles. The van der Waals surface area contributed by atoms with Gasteiger partial charge in [0.2, 0.25) is 5.91 Å². The fourth-order valence-electron chi connectivity index (χ4n) is 4.39. The van der Waals surface area contributed by atoms with E-state index in [0.717, 1.165) is 49.2 Å². The molecule has 1 N–H and O–H groups in total. The second-order valence-electron chi connectivity index (χ2n) is 8.17. The molecule has 0 unspecified atom stereocenters. The first-order valence-corrected chi connectivity index (χ1v) is 10.7. The Labute approximate surface area is 176 Å². The van der Waals surface area contributed by atoms with Crippen molar-refractivity contribution in [3.63, 3.8) is 0 Å². The average molecular weight is 407 g/mol. The van der Waals surface area contributed by atoms with E-state index in [1.165, 1.54) is 12.1 Å². The zero-order valence-electron chi connectivity index (χ0n) is 17.1. The van der Waals surface area contributed by atoms with Gasteiger partial charge in [0.05, 0.1) is 6.42 Å². The summed E-state index contributed by atoms with van der Waals surface area (Å²) in [6, 6.07) is 16.6. The molecule has 1 fully saturated rings. The predicted molar refractivity (Wildman–Crippen MR) is 115 cm³/mol. The second kappa shape index (κ2) is 9.35. The van der Waals surface area contributed by atoms with Gasteiger partial charge in [-0.2, -0.15) is 0 Å². The van der Waals surface area contributed by atoms with Crippen molar-refractivity contribution in [1.82, 2.24) is 10.2 Å². The van der Waals surface area contributed by atoms with Crippen LogP contribution in [0.5, 0.6) is 0 Å². The maximum Gasteiger partial charge on any atom is 0.224 e. The molecule has 0 radical (unpaired) electrons. The van der Waals surface area contributed by atoms with Gasteiger partial charge < -0.3 is 5.32 Å². The number of hydrogen-bond acceptors (Lipinski definition) is 3. The molecule has 1 heterocycles. The molecule has 0 spiro atoms. The lowest BCUT2D eigenvalue weighted by Crippen LogP contribution is -2.44. The summed E-state index contributed by atoms with van der Waals surface area (Å²) in [5.74, 6) is -0.185. The number of hydrogen-bond donors (Lipinski definition) is 1. The number of rotatable bonds is 6. The van der Waals surface area contributed by atoms with Crippen LogP contribution in [0, 0.1) is 5.82 Å². The van der Waals surface area contributed by atoms with Gasteiger partial charge in [-0.25, -0.2) is 4.39 Å². The number of likely N-dealkylation sites (tertiary alicyclic amines) is 1. The first kappa shape index (κ1) is 20.5. The van der Waals surface area contributed by atoms with E-state index >= 15 is 0 Å². The first-order chi connectivity index (χ1) is 14.6. The minimum absolute atomic E-state index is 0.0642. The highest BCUT2D eigenvalue weighted by Crippen LogP contribution is 2.33. The smallest absolute Gasteiger partial charge is 0.224 e. The van der Waals surface area contributed by atoms with Gasteiger partial charge in [-0.05, 0) is 48.1 Å². The van der Waals surface area contributed by atoms with Crippen molar-refractivity contribution in [3.05, 3.63) is 77.1 Å². The SMILES string of the molecule is O=C(CC1=C(c2ccccc2)CCC1=O)NC1CCN(Cc2ccc(F)cc2)CC1. The summed E-state index contributed by atoms with van der Waals surface area (Å²) in [4.78, 5) is 27.3. The molecule has 1 aliphatic heterocycles. The Balaban J connectivity index is 1.29. The zero-order valence-corrected chi connectivity index (χ0v) is 17.1. The number of amides is 1. The van der Waals surface area contributed by atoms with Crippen LogP contribution in [0.1, 0.15) is 43.2 Å². The van der Waals surface area contributed by atoms with Gasteiger partial charge in [-0.15, -0.1) is 0 Å². The Kier molecular flexibility index (Phi) is 6.38. The van der Waals surface area contributed by atoms with Crippen molar-refractivity contribution in [1.29, 1.82) is 0 Å². The molecule has 1 saturated heterocycles. The highest BCUT2D eigenvalue weighted by atomic mass is 19.1. The van der Waals surface area contributed by atoms with E-state index in [1.807, 2.05) is 42.5 Å². The van der Waals surface area contributed by atoms with Crippen molar-refractivity contribution < 1.29 is 14.0 Å². The molecule has 156 valence electrons. The predicted octanol–water partition coefficient (Wildman–Crippen LogP) is 4.11. The molecule has 2 aromatic rings. The number of benzene rings is 2. The van der Waals surface area contributed by atoms with Gasteiger partial charge in [0.25, 0.3) is 0 Å². The Morgan fingerprint density at radius 3 is 2.40 bits per heavy atom. The molecule has 5 heteroatoms. The van der Waals surface area contributed by atoms with E-state index in [1.54, 1.807) is 0 Å². The van der Waals surface area contributed by atoms with E-state index in [0.29, 0.717) is 18.4 Å². The lowest BCUT2D eigenvalue weighted by Gasteiger charge is -2.32. The second-order valence-corrected chi connectivity index (χ2v) is 8.17. The third kappa shape index (κ3) is 5.03. The van der Waals surface area contributed by atoms with Crippen LogP contribution in [0.3, 0.4) is 0 Å². The van der Waals surface area contributed by atoms with Crippen LogP contribution in [0.15, 0.2) is 60.2 Å². The van der Waals surface area contributed by atoms with Crippen LogP contribution in [0.2, 0.25) is 0 Å². The largest absolute Gasteiger partial charge is 0.353 e. The third-order valence-corrected chi connectivity index (χ3v) is 6.03. The first-order valence-electron chi connectivity index (χ1n) is 10.7. The zero-order chi connectivity index (χ0) is 20.9. The molecule has 0 aromatic heterocycles. The number of Topliss-reactive ketones (excluding diaryl/α,β-unsaturated/α-hetero) is 1. The Hall–Kier alpha value is -2.79. The van der Waals surface area contributed by atoms with Crippen molar-refractivity contribution in [2.45, 2.75) is 44.7 Å². The number of piperidine rings is 1. The van der Waals surface area contributed by atoms with Gasteiger partial charge in [0.1, 0.15) is 5.82 Å². The molecular formula is C25H27FN2O2. The van der Waals surface area contributed by atoms with E-state index in [9.17, 15) is 14.0 Å². The molecule has 30 heavy (non-hydrogen) atoms. The molecule has 0 saturated carbocycles. The van der Waals surface area contributed by atoms with E-state index in [-0.39, 0.29) is 30.0 Å². The van der Waals surface area contributed by atoms with Crippen LogP contribution >= 0.6 is 0 Å². The minimum Gasteiger partial charge on any atom is -0.353 e. The number of nitrogens with one attached hydrogen (secondary N) is 1. The molecule has 1 amide bonds. The fourth-order valence-corrected chi connectivity index (χ4v) is 4.39. The maximum absolute atomic E-state index is 13.1. The number of carbonyl (C=O) groups excluding carboxylic acids is 2. The Bertz CT molecular complexity index is 929. The van der Waals surface area contributed by atoms with Gasteiger partial charge in [0.15, 0.2) is 5.78 Å². The number of nitrogens with zero attached hydrogens (tertiary/aromatic N) is 1. The van der Waals surface area contributed by atoms with Crippen molar-refractivity contribution in [3.8, 4) is 0 Å². The number of halogens is 1. The Morgan fingerprint density at radius 1 is 1.00 bits per heavy atom. The van der Waals surface area contributed by atoms with Crippen molar-refractivity contribution in [2.75, 3.05) is 13.1 Å². The summed E-state index contributed by atoms with van der Waals surface area (Å²) in [5, 5.41) is 3.13. The van der Waals surface area contributed by atoms with Gasteiger partial charge in [-0.3, -0.25) is 14.5 Å². The van der Waals surface area contributed by atoms with Crippen LogP contribution < -0.4 is 5.32 Å². The van der Waals surface area contributed by atoms with Gasteiger partial charge >= 0.3 is 0 Å². The topological polar surface area (TPSA) is 49.4 Å². The summed E-state index contributed by atoms with van der Waals surface area (Å²) in [6.45, 7) is 2.57. The van der Waals surface area contributed by atoms with Crippen LogP contribution in [-0.4, -0.2) is 35.7 Å². The molecular weight excluding hydrogens is 379 g/mol. The number of ketones is 1. The number of allylic oxidation sites excluding steroid dienone is 1. The number of carbonyl (C=O) groups is 2. The summed E-state index contributed by atoms with van der Waals surface area (Å²) < 4.78 is 13.1. The van der Waals surface area contributed by atoms with E-state index in [2.05, 4.69) is 10.2 Å². The summed E-state index contributed by atoms with van der Waals surface area (Å²) in [7, 11) is 0. The lowest BCUT2D eigenvalue weighted by molar-refractivity contribution is -0.123. The van der Waals surface area contributed by atoms with Gasteiger partial charge in [-0.1, -0.05) is 42.5 Å².